The fraction of sp³-hybridized carbons (Fsp3) is 0.294. The highest BCUT2D eigenvalue weighted by atomic mass is 79.9. The lowest BCUT2D eigenvalue weighted by Gasteiger charge is -2.12. The molecule has 0 N–H and O–H groups in total. The third kappa shape index (κ3) is 3.60. The fourth-order valence-corrected chi connectivity index (χ4v) is 2.82. The molecule has 0 radical (unpaired) electrons. The molecule has 0 aliphatic carbocycles. The standard InChI is InChI=1S/C17H19BrO/c1-12(2)8-13-9-14(11-15(18)10-13)16-6-4-5-7-17(16)19-3/h4-7,9-12H,8H2,1-3H3. The Bertz CT molecular complexity index is 561. The van der Waals surface area contributed by atoms with Gasteiger partial charge in [-0.15, -0.1) is 0 Å². The van der Waals surface area contributed by atoms with E-state index >= 15 is 0 Å². The van der Waals surface area contributed by atoms with E-state index in [2.05, 4.69) is 54.0 Å². The Labute approximate surface area is 123 Å². The molecule has 0 spiro atoms. The highest BCUT2D eigenvalue weighted by Crippen LogP contribution is 2.32. The van der Waals surface area contributed by atoms with Gasteiger partial charge >= 0.3 is 0 Å². The van der Waals surface area contributed by atoms with Crippen LogP contribution in [0.15, 0.2) is 46.9 Å². The topological polar surface area (TPSA) is 9.23 Å². The monoisotopic (exact) mass is 318 g/mol. The summed E-state index contributed by atoms with van der Waals surface area (Å²) in [7, 11) is 1.71. The predicted molar refractivity (Wildman–Crippen MR) is 84.7 cm³/mol. The number of para-hydroxylation sites is 1. The van der Waals surface area contributed by atoms with E-state index in [-0.39, 0.29) is 0 Å². The molecule has 1 nitrogen and oxygen atoms in total. The molecule has 0 bridgehead atoms. The Morgan fingerprint density at radius 2 is 1.84 bits per heavy atom. The van der Waals surface area contributed by atoms with Crippen molar-refractivity contribution in [3.05, 3.63) is 52.5 Å². The smallest absolute Gasteiger partial charge is 0.126 e. The van der Waals surface area contributed by atoms with Gasteiger partial charge in [-0.3, -0.25) is 0 Å². The largest absolute Gasteiger partial charge is 0.496 e. The highest BCUT2D eigenvalue weighted by Gasteiger charge is 2.08. The Morgan fingerprint density at radius 1 is 1.11 bits per heavy atom. The highest BCUT2D eigenvalue weighted by molar-refractivity contribution is 9.10. The number of hydrogen-bond donors (Lipinski definition) is 0. The minimum atomic E-state index is 0.653. The van der Waals surface area contributed by atoms with Crippen molar-refractivity contribution < 1.29 is 4.74 Å². The van der Waals surface area contributed by atoms with Crippen LogP contribution in [0.1, 0.15) is 19.4 Å². The molecule has 0 aromatic heterocycles. The number of halogens is 1. The second-order valence-electron chi connectivity index (χ2n) is 5.15. The van der Waals surface area contributed by atoms with Crippen molar-refractivity contribution in [3.8, 4) is 16.9 Å². The van der Waals surface area contributed by atoms with Gasteiger partial charge in [0.15, 0.2) is 0 Å². The molecule has 2 aromatic carbocycles. The first-order valence-corrected chi connectivity index (χ1v) is 7.32. The zero-order valence-corrected chi connectivity index (χ0v) is 13.2. The van der Waals surface area contributed by atoms with Gasteiger partial charge in [-0.25, -0.2) is 0 Å². The summed E-state index contributed by atoms with van der Waals surface area (Å²) in [6.07, 6.45) is 1.08. The molecule has 19 heavy (non-hydrogen) atoms. The summed E-state index contributed by atoms with van der Waals surface area (Å²) in [6.45, 7) is 4.48. The van der Waals surface area contributed by atoms with Crippen LogP contribution < -0.4 is 4.74 Å². The Kier molecular flexibility index (Phi) is 4.65. The maximum atomic E-state index is 5.45. The molecule has 0 fully saturated rings. The van der Waals surface area contributed by atoms with Gasteiger partial charge < -0.3 is 4.74 Å². The van der Waals surface area contributed by atoms with Gasteiger partial charge in [-0.1, -0.05) is 54.0 Å². The SMILES string of the molecule is COc1ccccc1-c1cc(Br)cc(CC(C)C)c1. The van der Waals surface area contributed by atoms with Crippen LogP contribution in [0.4, 0.5) is 0 Å². The second kappa shape index (κ2) is 6.25. The van der Waals surface area contributed by atoms with E-state index in [4.69, 9.17) is 4.74 Å². The molecular weight excluding hydrogens is 300 g/mol. The van der Waals surface area contributed by atoms with E-state index < -0.39 is 0 Å². The van der Waals surface area contributed by atoms with E-state index in [9.17, 15) is 0 Å². The van der Waals surface area contributed by atoms with Gasteiger partial charge in [0.2, 0.25) is 0 Å². The fourth-order valence-electron chi connectivity index (χ4n) is 2.28. The molecule has 0 unspecified atom stereocenters. The number of hydrogen-bond acceptors (Lipinski definition) is 1. The molecule has 0 amide bonds. The molecule has 0 saturated heterocycles. The van der Waals surface area contributed by atoms with Gasteiger partial charge in [0, 0.05) is 10.0 Å². The van der Waals surface area contributed by atoms with Crippen LogP contribution in [0, 0.1) is 5.92 Å². The van der Waals surface area contributed by atoms with Crippen LogP contribution in [0.5, 0.6) is 5.75 Å². The minimum absolute atomic E-state index is 0.653. The first-order valence-electron chi connectivity index (χ1n) is 6.53. The molecule has 100 valence electrons. The summed E-state index contributed by atoms with van der Waals surface area (Å²) in [4.78, 5) is 0. The quantitative estimate of drug-likeness (QED) is 0.741. The number of methoxy groups -OCH3 is 1. The molecule has 2 aromatic rings. The van der Waals surface area contributed by atoms with Crippen molar-refractivity contribution in [1.82, 2.24) is 0 Å². The van der Waals surface area contributed by atoms with Gasteiger partial charge in [-0.2, -0.15) is 0 Å². The molecule has 0 aliphatic rings. The predicted octanol–water partition coefficient (Wildman–Crippen LogP) is 5.32. The van der Waals surface area contributed by atoms with Crippen LogP contribution in [0.2, 0.25) is 0 Å². The van der Waals surface area contributed by atoms with Gasteiger partial charge in [0.25, 0.3) is 0 Å². The molecule has 0 atom stereocenters. The normalized spacial score (nSPS) is 10.8. The van der Waals surface area contributed by atoms with E-state index in [0.717, 1.165) is 22.2 Å². The van der Waals surface area contributed by atoms with Crippen molar-refractivity contribution >= 4 is 15.9 Å². The Morgan fingerprint density at radius 3 is 2.53 bits per heavy atom. The zero-order valence-electron chi connectivity index (χ0n) is 11.6. The third-order valence-corrected chi connectivity index (χ3v) is 3.48. The van der Waals surface area contributed by atoms with Crippen molar-refractivity contribution in [3.63, 3.8) is 0 Å². The van der Waals surface area contributed by atoms with Crippen LogP contribution in [0.3, 0.4) is 0 Å². The Hall–Kier alpha value is -1.28. The molecule has 0 saturated carbocycles. The first-order chi connectivity index (χ1) is 9.10. The van der Waals surface area contributed by atoms with E-state index in [0.29, 0.717) is 5.92 Å². The van der Waals surface area contributed by atoms with E-state index in [1.165, 1.54) is 11.1 Å². The molecular formula is C17H19BrO. The summed E-state index contributed by atoms with van der Waals surface area (Å²) < 4.78 is 6.56. The van der Waals surface area contributed by atoms with Gasteiger partial charge in [0.05, 0.1) is 7.11 Å². The average molecular weight is 319 g/mol. The van der Waals surface area contributed by atoms with Crippen molar-refractivity contribution in [1.29, 1.82) is 0 Å². The van der Waals surface area contributed by atoms with Crippen molar-refractivity contribution in [2.24, 2.45) is 5.92 Å². The third-order valence-electron chi connectivity index (χ3n) is 3.02. The second-order valence-corrected chi connectivity index (χ2v) is 6.06. The van der Waals surface area contributed by atoms with Gasteiger partial charge in [-0.05, 0) is 41.7 Å². The number of ether oxygens (including phenoxy) is 1. The average Bonchev–Trinajstić information content (AvgIpc) is 2.37. The minimum Gasteiger partial charge on any atom is -0.496 e. The summed E-state index contributed by atoms with van der Waals surface area (Å²) in [6, 6.07) is 14.7. The van der Waals surface area contributed by atoms with E-state index in [1.54, 1.807) is 7.11 Å². The van der Waals surface area contributed by atoms with Crippen molar-refractivity contribution in [2.45, 2.75) is 20.3 Å². The van der Waals surface area contributed by atoms with Gasteiger partial charge in [0.1, 0.15) is 5.75 Å². The summed E-state index contributed by atoms with van der Waals surface area (Å²) in [5.74, 6) is 1.57. The summed E-state index contributed by atoms with van der Waals surface area (Å²) >= 11 is 3.61. The van der Waals surface area contributed by atoms with Crippen LogP contribution in [0.25, 0.3) is 11.1 Å². The first kappa shape index (κ1) is 14.1. The van der Waals surface area contributed by atoms with Crippen LogP contribution in [-0.4, -0.2) is 7.11 Å². The maximum Gasteiger partial charge on any atom is 0.126 e. The number of rotatable bonds is 4. The summed E-state index contributed by atoms with van der Waals surface area (Å²) in [5, 5.41) is 0. The summed E-state index contributed by atoms with van der Waals surface area (Å²) in [5.41, 5.74) is 3.68. The lowest BCUT2D eigenvalue weighted by Crippen LogP contribution is -1.95. The lowest BCUT2D eigenvalue weighted by atomic mass is 9.97. The Balaban J connectivity index is 2.47. The lowest BCUT2D eigenvalue weighted by molar-refractivity contribution is 0.416. The molecule has 2 heteroatoms. The van der Waals surface area contributed by atoms with Crippen LogP contribution >= 0.6 is 15.9 Å². The van der Waals surface area contributed by atoms with Crippen molar-refractivity contribution in [2.75, 3.05) is 7.11 Å². The molecule has 0 aliphatic heterocycles. The zero-order chi connectivity index (χ0) is 13.8. The maximum absolute atomic E-state index is 5.45. The van der Waals surface area contributed by atoms with Crippen LogP contribution in [-0.2, 0) is 6.42 Å². The molecule has 2 rings (SSSR count). The molecule has 0 heterocycles. The van der Waals surface area contributed by atoms with E-state index in [1.807, 2.05) is 18.2 Å². The number of benzene rings is 2.